The molecule has 1 N–H and O–H groups in total. The number of benzene rings is 1. The first-order valence-electron chi connectivity index (χ1n) is 5.71. The lowest BCUT2D eigenvalue weighted by Crippen LogP contribution is -2.13. The zero-order chi connectivity index (χ0) is 14.7. The van der Waals surface area contributed by atoms with Crippen LogP contribution < -0.4 is 14.8 Å². The molecule has 1 heterocycles. The van der Waals surface area contributed by atoms with Crippen LogP contribution in [0.15, 0.2) is 22.9 Å². The molecular weight excluding hydrogens is 284 g/mol. The Morgan fingerprint density at radius 3 is 2.55 bits per heavy atom. The van der Waals surface area contributed by atoms with Crippen LogP contribution in [0, 0.1) is 6.92 Å². The Balaban J connectivity index is 2.31. The normalized spacial score (nSPS) is 10.2. The van der Waals surface area contributed by atoms with Gasteiger partial charge in [-0.15, -0.1) is 0 Å². The summed E-state index contributed by atoms with van der Waals surface area (Å²) < 4.78 is 15.2. The predicted octanol–water partition coefficient (Wildman–Crippen LogP) is 2.91. The van der Waals surface area contributed by atoms with Gasteiger partial charge in [0.05, 0.1) is 31.1 Å². The summed E-state index contributed by atoms with van der Waals surface area (Å²) in [6, 6.07) is 3.13. The quantitative estimate of drug-likeness (QED) is 0.939. The van der Waals surface area contributed by atoms with Crippen molar-refractivity contribution in [1.29, 1.82) is 0 Å². The third kappa shape index (κ3) is 2.70. The summed E-state index contributed by atoms with van der Waals surface area (Å²) in [7, 11) is 2.98. The van der Waals surface area contributed by atoms with Crippen LogP contribution in [-0.2, 0) is 0 Å². The molecule has 0 aliphatic heterocycles. The lowest BCUT2D eigenvalue weighted by molar-refractivity contribution is 0.0986. The maximum absolute atomic E-state index is 12.1. The van der Waals surface area contributed by atoms with Crippen LogP contribution in [-0.4, -0.2) is 25.3 Å². The SMILES string of the molecule is COc1cc(OC)c(NC(=O)c2oncc2C)cc1Cl. The molecular formula is C13H13ClN2O4. The van der Waals surface area contributed by atoms with Crippen LogP contribution in [0.25, 0.3) is 0 Å². The van der Waals surface area contributed by atoms with Crippen molar-refractivity contribution in [2.24, 2.45) is 0 Å². The second kappa shape index (κ2) is 5.83. The summed E-state index contributed by atoms with van der Waals surface area (Å²) in [5.74, 6) is 0.590. The number of aryl methyl sites for hydroxylation is 1. The molecule has 0 aliphatic rings. The number of carbonyl (C=O) groups is 1. The Bertz CT molecular complexity index is 639. The molecule has 1 aromatic heterocycles. The highest BCUT2D eigenvalue weighted by Crippen LogP contribution is 2.36. The first-order chi connectivity index (χ1) is 9.56. The van der Waals surface area contributed by atoms with Gasteiger partial charge in [-0.2, -0.15) is 0 Å². The minimum absolute atomic E-state index is 0.138. The molecule has 2 rings (SSSR count). The summed E-state index contributed by atoms with van der Waals surface area (Å²) in [5, 5.41) is 6.58. The highest BCUT2D eigenvalue weighted by molar-refractivity contribution is 6.32. The van der Waals surface area contributed by atoms with Crippen molar-refractivity contribution in [1.82, 2.24) is 5.16 Å². The van der Waals surface area contributed by atoms with Crippen molar-refractivity contribution in [3.05, 3.63) is 34.7 Å². The van der Waals surface area contributed by atoms with Gasteiger partial charge in [0.1, 0.15) is 11.5 Å². The maximum Gasteiger partial charge on any atom is 0.294 e. The fraction of sp³-hybridized carbons (Fsp3) is 0.231. The van der Waals surface area contributed by atoms with Crippen molar-refractivity contribution in [3.63, 3.8) is 0 Å². The zero-order valence-corrected chi connectivity index (χ0v) is 11.9. The van der Waals surface area contributed by atoms with E-state index in [1.165, 1.54) is 20.4 Å². The van der Waals surface area contributed by atoms with Gasteiger partial charge in [-0.3, -0.25) is 4.79 Å². The molecule has 0 fully saturated rings. The summed E-state index contributed by atoms with van der Waals surface area (Å²) in [6.07, 6.45) is 1.47. The zero-order valence-electron chi connectivity index (χ0n) is 11.2. The minimum Gasteiger partial charge on any atom is -0.495 e. The Labute approximate surface area is 120 Å². The number of nitrogens with one attached hydrogen (secondary N) is 1. The molecule has 7 heteroatoms. The topological polar surface area (TPSA) is 73.6 Å². The number of anilines is 1. The Morgan fingerprint density at radius 1 is 1.30 bits per heavy atom. The molecule has 6 nitrogen and oxygen atoms in total. The molecule has 1 amide bonds. The van der Waals surface area contributed by atoms with Gasteiger partial charge in [0.25, 0.3) is 5.91 Å². The number of amides is 1. The molecule has 106 valence electrons. The van der Waals surface area contributed by atoms with Crippen LogP contribution in [0.1, 0.15) is 16.1 Å². The average Bonchev–Trinajstić information content (AvgIpc) is 2.85. The van der Waals surface area contributed by atoms with E-state index in [1.807, 2.05) is 0 Å². The van der Waals surface area contributed by atoms with E-state index in [-0.39, 0.29) is 5.76 Å². The molecule has 0 spiro atoms. The van der Waals surface area contributed by atoms with Crippen molar-refractivity contribution < 1.29 is 18.8 Å². The molecule has 0 saturated carbocycles. The fourth-order valence-corrected chi connectivity index (χ4v) is 1.89. The second-order valence-corrected chi connectivity index (χ2v) is 4.39. The van der Waals surface area contributed by atoms with Crippen molar-refractivity contribution in [2.75, 3.05) is 19.5 Å². The maximum atomic E-state index is 12.1. The van der Waals surface area contributed by atoms with E-state index in [4.69, 9.17) is 25.6 Å². The Morgan fingerprint density at radius 2 is 2.00 bits per heavy atom. The molecule has 2 aromatic rings. The van der Waals surface area contributed by atoms with Gasteiger partial charge in [-0.25, -0.2) is 0 Å². The van der Waals surface area contributed by atoms with Crippen LogP contribution >= 0.6 is 11.6 Å². The van der Waals surface area contributed by atoms with E-state index in [0.717, 1.165) is 0 Å². The molecule has 0 aliphatic carbocycles. The van der Waals surface area contributed by atoms with Crippen LogP contribution in [0.3, 0.4) is 0 Å². The number of hydrogen-bond donors (Lipinski definition) is 1. The molecule has 20 heavy (non-hydrogen) atoms. The molecule has 1 aromatic carbocycles. The molecule has 0 saturated heterocycles. The van der Waals surface area contributed by atoms with Gasteiger partial charge in [0.15, 0.2) is 0 Å². The van der Waals surface area contributed by atoms with E-state index in [9.17, 15) is 4.79 Å². The van der Waals surface area contributed by atoms with E-state index >= 15 is 0 Å². The molecule has 0 radical (unpaired) electrons. The number of methoxy groups -OCH3 is 2. The van der Waals surface area contributed by atoms with Gasteiger partial charge in [-0.1, -0.05) is 16.8 Å². The van der Waals surface area contributed by atoms with E-state index < -0.39 is 5.91 Å². The standard InChI is InChI=1S/C13H13ClN2O4/c1-7-6-15-20-12(7)13(17)16-9-4-8(14)10(18-2)5-11(9)19-3/h4-6H,1-3H3,(H,16,17). The van der Waals surface area contributed by atoms with Gasteiger partial charge in [0.2, 0.25) is 5.76 Å². The molecule has 0 bridgehead atoms. The lowest BCUT2D eigenvalue weighted by Gasteiger charge is -2.12. The number of hydrogen-bond acceptors (Lipinski definition) is 5. The highest BCUT2D eigenvalue weighted by Gasteiger charge is 2.17. The summed E-state index contributed by atoms with van der Waals surface area (Å²) in [6.45, 7) is 1.73. The van der Waals surface area contributed by atoms with Crippen molar-refractivity contribution in [3.8, 4) is 11.5 Å². The molecule has 0 atom stereocenters. The van der Waals surface area contributed by atoms with Crippen LogP contribution in [0.2, 0.25) is 5.02 Å². The van der Waals surface area contributed by atoms with Gasteiger partial charge in [0, 0.05) is 11.6 Å². The third-order valence-electron chi connectivity index (χ3n) is 2.68. The second-order valence-electron chi connectivity index (χ2n) is 3.98. The number of rotatable bonds is 4. The lowest BCUT2D eigenvalue weighted by atomic mass is 10.2. The van der Waals surface area contributed by atoms with Gasteiger partial charge in [-0.05, 0) is 13.0 Å². The Kier molecular flexibility index (Phi) is 4.14. The minimum atomic E-state index is -0.431. The predicted molar refractivity (Wildman–Crippen MR) is 73.7 cm³/mol. The third-order valence-corrected chi connectivity index (χ3v) is 2.97. The van der Waals surface area contributed by atoms with Crippen molar-refractivity contribution in [2.45, 2.75) is 6.92 Å². The number of aromatic nitrogens is 1. The average molecular weight is 297 g/mol. The van der Waals surface area contributed by atoms with Crippen LogP contribution in [0.5, 0.6) is 11.5 Å². The summed E-state index contributed by atoms with van der Waals surface area (Å²) in [4.78, 5) is 12.1. The summed E-state index contributed by atoms with van der Waals surface area (Å²) in [5.41, 5.74) is 1.06. The molecule has 0 unspecified atom stereocenters. The van der Waals surface area contributed by atoms with E-state index in [2.05, 4.69) is 10.5 Å². The number of halogens is 1. The van der Waals surface area contributed by atoms with Gasteiger partial charge >= 0.3 is 0 Å². The highest BCUT2D eigenvalue weighted by atomic mass is 35.5. The fourth-order valence-electron chi connectivity index (χ4n) is 1.65. The Hall–Kier alpha value is -2.21. The number of nitrogens with zero attached hydrogens (tertiary/aromatic N) is 1. The smallest absolute Gasteiger partial charge is 0.294 e. The van der Waals surface area contributed by atoms with E-state index in [0.29, 0.717) is 27.8 Å². The van der Waals surface area contributed by atoms with E-state index in [1.54, 1.807) is 19.1 Å². The van der Waals surface area contributed by atoms with Gasteiger partial charge < -0.3 is 19.3 Å². The van der Waals surface area contributed by atoms with Crippen LogP contribution in [0.4, 0.5) is 5.69 Å². The monoisotopic (exact) mass is 296 g/mol. The number of ether oxygens (including phenoxy) is 2. The van der Waals surface area contributed by atoms with Crippen molar-refractivity contribution >= 4 is 23.2 Å². The largest absolute Gasteiger partial charge is 0.495 e. The first kappa shape index (κ1) is 14.2. The summed E-state index contributed by atoms with van der Waals surface area (Å²) >= 11 is 6.03. The first-order valence-corrected chi connectivity index (χ1v) is 6.08. The number of carbonyl (C=O) groups excluding carboxylic acids is 1.